The lowest BCUT2D eigenvalue weighted by molar-refractivity contribution is -0.123. The predicted molar refractivity (Wildman–Crippen MR) is 110 cm³/mol. The molecule has 0 N–H and O–H groups in total. The Balaban J connectivity index is 2.15. The SMILES string of the molecule is CCC[C@@H](C)C(=O)N1c2ccccc2[C@](C)(c2ccccc2)CC1(C)C. The van der Waals surface area contributed by atoms with Crippen LogP contribution in [-0.2, 0) is 10.2 Å². The fourth-order valence-corrected chi connectivity index (χ4v) is 4.76. The summed E-state index contributed by atoms with van der Waals surface area (Å²) in [4.78, 5) is 15.4. The number of para-hydroxylation sites is 1. The maximum absolute atomic E-state index is 13.3. The summed E-state index contributed by atoms with van der Waals surface area (Å²) in [6.07, 6.45) is 2.87. The van der Waals surface area contributed by atoms with Crippen LogP contribution in [0.1, 0.15) is 65.0 Å². The summed E-state index contributed by atoms with van der Waals surface area (Å²) < 4.78 is 0. The summed E-state index contributed by atoms with van der Waals surface area (Å²) in [6, 6.07) is 19.2. The maximum atomic E-state index is 13.3. The molecule has 0 radical (unpaired) electrons. The molecular formula is C24H31NO. The average Bonchev–Trinajstić information content (AvgIpc) is 2.62. The van der Waals surface area contributed by atoms with Crippen LogP contribution >= 0.6 is 0 Å². The molecule has 1 heterocycles. The average molecular weight is 350 g/mol. The van der Waals surface area contributed by atoms with E-state index in [4.69, 9.17) is 0 Å². The van der Waals surface area contributed by atoms with Crippen molar-refractivity contribution in [2.75, 3.05) is 4.90 Å². The van der Waals surface area contributed by atoms with Crippen molar-refractivity contribution in [1.82, 2.24) is 0 Å². The minimum absolute atomic E-state index is 0.0495. The molecule has 2 heteroatoms. The standard InChI is InChI=1S/C24H31NO/c1-6-12-18(2)22(26)25-21-16-11-10-15-20(21)24(5,17-23(25,3)4)19-13-8-7-9-14-19/h7-11,13-16,18H,6,12,17H2,1-5H3/t18-,24+/m1/s1. The molecule has 1 aliphatic heterocycles. The summed E-state index contributed by atoms with van der Waals surface area (Å²) in [6.45, 7) is 10.9. The van der Waals surface area contributed by atoms with Gasteiger partial charge in [-0.1, -0.05) is 75.7 Å². The topological polar surface area (TPSA) is 20.3 Å². The van der Waals surface area contributed by atoms with Gasteiger partial charge in [0.05, 0.1) is 0 Å². The van der Waals surface area contributed by atoms with Gasteiger partial charge in [0.1, 0.15) is 0 Å². The van der Waals surface area contributed by atoms with Crippen LogP contribution in [0.2, 0.25) is 0 Å². The second-order valence-corrected chi connectivity index (χ2v) is 8.57. The lowest BCUT2D eigenvalue weighted by Gasteiger charge is -2.52. The quantitative estimate of drug-likeness (QED) is 0.668. The van der Waals surface area contributed by atoms with Crippen LogP contribution in [0.3, 0.4) is 0 Å². The van der Waals surface area contributed by atoms with Crippen molar-refractivity contribution in [2.24, 2.45) is 5.92 Å². The van der Waals surface area contributed by atoms with Crippen LogP contribution in [-0.4, -0.2) is 11.4 Å². The molecular weight excluding hydrogens is 318 g/mol. The molecule has 3 rings (SSSR count). The van der Waals surface area contributed by atoms with Crippen LogP contribution in [0, 0.1) is 5.92 Å². The molecule has 0 saturated carbocycles. The highest BCUT2D eigenvalue weighted by atomic mass is 16.2. The molecule has 0 saturated heterocycles. The van der Waals surface area contributed by atoms with Crippen molar-refractivity contribution in [2.45, 2.75) is 64.8 Å². The molecule has 2 nitrogen and oxygen atoms in total. The van der Waals surface area contributed by atoms with Gasteiger partial charge >= 0.3 is 0 Å². The third kappa shape index (κ3) is 3.06. The van der Waals surface area contributed by atoms with Gasteiger partial charge in [-0.2, -0.15) is 0 Å². The monoisotopic (exact) mass is 349 g/mol. The zero-order valence-corrected chi connectivity index (χ0v) is 16.8. The van der Waals surface area contributed by atoms with E-state index < -0.39 is 0 Å². The molecule has 2 aromatic carbocycles. The number of amides is 1. The van der Waals surface area contributed by atoms with E-state index in [0.717, 1.165) is 24.9 Å². The van der Waals surface area contributed by atoms with Gasteiger partial charge < -0.3 is 4.90 Å². The number of rotatable bonds is 4. The van der Waals surface area contributed by atoms with E-state index in [0.29, 0.717) is 0 Å². The van der Waals surface area contributed by atoms with E-state index >= 15 is 0 Å². The molecule has 2 aromatic rings. The van der Waals surface area contributed by atoms with Gasteiger partial charge in [0.15, 0.2) is 0 Å². The number of hydrogen-bond donors (Lipinski definition) is 0. The predicted octanol–water partition coefficient (Wildman–Crippen LogP) is 5.94. The van der Waals surface area contributed by atoms with Crippen molar-refractivity contribution in [3.63, 3.8) is 0 Å². The summed E-state index contributed by atoms with van der Waals surface area (Å²) in [5.74, 6) is 0.299. The van der Waals surface area contributed by atoms with Crippen molar-refractivity contribution in [3.8, 4) is 0 Å². The first-order valence-corrected chi connectivity index (χ1v) is 9.80. The minimum Gasteiger partial charge on any atom is -0.306 e. The molecule has 2 atom stereocenters. The van der Waals surface area contributed by atoms with Crippen LogP contribution < -0.4 is 4.90 Å². The smallest absolute Gasteiger partial charge is 0.230 e. The van der Waals surface area contributed by atoms with E-state index in [2.05, 4.69) is 94.1 Å². The zero-order valence-electron chi connectivity index (χ0n) is 16.8. The van der Waals surface area contributed by atoms with Crippen molar-refractivity contribution in [3.05, 3.63) is 65.7 Å². The summed E-state index contributed by atoms with van der Waals surface area (Å²) in [7, 11) is 0. The van der Waals surface area contributed by atoms with Crippen molar-refractivity contribution >= 4 is 11.6 Å². The van der Waals surface area contributed by atoms with E-state index in [1.807, 2.05) is 0 Å². The van der Waals surface area contributed by atoms with Crippen LogP contribution in [0.4, 0.5) is 5.69 Å². The second-order valence-electron chi connectivity index (χ2n) is 8.57. The molecule has 0 aromatic heterocycles. The summed E-state index contributed by atoms with van der Waals surface area (Å²) in [5, 5.41) is 0. The Morgan fingerprint density at radius 3 is 2.31 bits per heavy atom. The third-order valence-electron chi connectivity index (χ3n) is 5.91. The highest BCUT2D eigenvalue weighted by Gasteiger charge is 2.48. The lowest BCUT2D eigenvalue weighted by atomic mass is 9.65. The number of carbonyl (C=O) groups excluding carboxylic acids is 1. The van der Waals surface area contributed by atoms with Gasteiger partial charge in [0.25, 0.3) is 0 Å². The van der Waals surface area contributed by atoms with Gasteiger partial charge in [0, 0.05) is 22.6 Å². The molecule has 0 fully saturated rings. The number of nitrogens with zero attached hydrogens (tertiary/aromatic N) is 1. The van der Waals surface area contributed by atoms with Gasteiger partial charge in [-0.3, -0.25) is 4.79 Å². The van der Waals surface area contributed by atoms with Gasteiger partial charge in [-0.05, 0) is 43.9 Å². The number of fused-ring (bicyclic) bond motifs is 1. The number of carbonyl (C=O) groups is 1. The first-order valence-electron chi connectivity index (χ1n) is 9.80. The van der Waals surface area contributed by atoms with E-state index in [-0.39, 0.29) is 22.8 Å². The highest BCUT2D eigenvalue weighted by molar-refractivity contribution is 5.98. The molecule has 1 aliphatic rings. The minimum atomic E-state index is -0.238. The van der Waals surface area contributed by atoms with Gasteiger partial charge in [-0.25, -0.2) is 0 Å². The van der Waals surface area contributed by atoms with Crippen LogP contribution in [0.15, 0.2) is 54.6 Å². The molecule has 0 aliphatic carbocycles. The fraction of sp³-hybridized carbons (Fsp3) is 0.458. The second kappa shape index (κ2) is 6.90. The maximum Gasteiger partial charge on any atom is 0.230 e. The molecule has 0 spiro atoms. The number of hydrogen-bond acceptors (Lipinski definition) is 1. The van der Waals surface area contributed by atoms with Crippen LogP contribution in [0.25, 0.3) is 0 Å². The Kier molecular flexibility index (Phi) is 4.96. The molecule has 0 bridgehead atoms. The first kappa shape index (κ1) is 18.7. The van der Waals surface area contributed by atoms with E-state index in [1.165, 1.54) is 11.1 Å². The lowest BCUT2D eigenvalue weighted by Crippen LogP contribution is -2.57. The third-order valence-corrected chi connectivity index (χ3v) is 5.91. The Hall–Kier alpha value is -2.09. The Labute approximate surface area is 158 Å². The largest absolute Gasteiger partial charge is 0.306 e. The number of benzene rings is 2. The highest BCUT2D eigenvalue weighted by Crippen LogP contribution is 2.50. The Morgan fingerprint density at radius 1 is 1.04 bits per heavy atom. The van der Waals surface area contributed by atoms with Crippen molar-refractivity contribution in [1.29, 1.82) is 0 Å². The number of anilines is 1. The molecule has 0 unspecified atom stereocenters. The Bertz CT molecular complexity index is 780. The van der Waals surface area contributed by atoms with Gasteiger partial charge in [-0.15, -0.1) is 0 Å². The zero-order chi connectivity index (χ0) is 18.9. The van der Waals surface area contributed by atoms with E-state index in [1.54, 1.807) is 0 Å². The van der Waals surface area contributed by atoms with E-state index in [9.17, 15) is 4.79 Å². The first-order chi connectivity index (χ1) is 12.3. The fourth-order valence-electron chi connectivity index (χ4n) is 4.76. The molecule has 138 valence electrons. The van der Waals surface area contributed by atoms with Gasteiger partial charge in [0.2, 0.25) is 5.91 Å². The normalized spacial score (nSPS) is 22.6. The molecule has 1 amide bonds. The molecule has 26 heavy (non-hydrogen) atoms. The summed E-state index contributed by atoms with van der Waals surface area (Å²) in [5.41, 5.74) is 3.30. The van der Waals surface area contributed by atoms with Crippen molar-refractivity contribution < 1.29 is 4.79 Å². The Morgan fingerprint density at radius 2 is 1.65 bits per heavy atom. The summed E-state index contributed by atoms with van der Waals surface area (Å²) >= 11 is 0. The van der Waals surface area contributed by atoms with Crippen LogP contribution in [0.5, 0.6) is 0 Å².